The molecule has 6 nitrogen and oxygen atoms in total. The molecule has 0 bridgehead atoms. The van der Waals surface area contributed by atoms with Gasteiger partial charge in [-0.1, -0.05) is 12.1 Å². The summed E-state index contributed by atoms with van der Waals surface area (Å²) in [6.45, 7) is 4.59. The first kappa shape index (κ1) is 21.3. The molecule has 1 aromatic rings. The summed E-state index contributed by atoms with van der Waals surface area (Å²) in [6.07, 6.45) is 0. The second-order valence-electron chi connectivity index (χ2n) is 6.24. The van der Waals surface area contributed by atoms with Gasteiger partial charge in [-0.15, -0.1) is 0 Å². The van der Waals surface area contributed by atoms with Crippen LogP contribution in [0.25, 0.3) is 0 Å². The van der Waals surface area contributed by atoms with Gasteiger partial charge in [-0.05, 0) is 43.8 Å². The lowest BCUT2D eigenvalue weighted by Gasteiger charge is -2.40. The van der Waals surface area contributed by atoms with Crippen LogP contribution in [0.5, 0.6) is 0 Å². The first-order chi connectivity index (χ1) is 12.9. The van der Waals surface area contributed by atoms with Crippen molar-refractivity contribution in [1.29, 1.82) is 0 Å². The minimum absolute atomic E-state index is 0.0924. The topological polar surface area (TPSA) is 60.0 Å². The lowest BCUT2D eigenvalue weighted by molar-refractivity contribution is -0.140. The van der Waals surface area contributed by atoms with E-state index in [-0.39, 0.29) is 18.5 Å². The molecule has 0 aliphatic carbocycles. The number of esters is 1. The Kier molecular flexibility index (Phi) is 7.70. The third-order valence-electron chi connectivity index (χ3n) is 4.30. The highest BCUT2D eigenvalue weighted by molar-refractivity contribution is 7.80. The molecule has 2 atom stereocenters. The van der Waals surface area contributed by atoms with E-state index in [9.17, 15) is 9.18 Å². The first-order valence-corrected chi connectivity index (χ1v) is 9.02. The quantitative estimate of drug-likeness (QED) is 0.412. The van der Waals surface area contributed by atoms with Gasteiger partial charge in [0.15, 0.2) is 5.11 Å². The van der Waals surface area contributed by atoms with Crippen LogP contribution in [0.3, 0.4) is 0 Å². The van der Waals surface area contributed by atoms with Crippen molar-refractivity contribution < 1.29 is 23.4 Å². The molecule has 0 spiro atoms. The average molecular weight is 396 g/mol. The molecule has 0 fully saturated rings. The number of rotatable bonds is 8. The van der Waals surface area contributed by atoms with E-state index in [4.69, 9.17) is 26.4 Å². The van der Waals surface area contributed by atoms with Crippen molar-refractivity contribution in [3.05, 3.63) is 46.9 Å². The normalized spacial score (nSPS) is 18.3. The van der Waals surface area contributed by atoms with Crippen molar-refractivity contribution in [1.82, 2.24) is 10.2 Å². The second-order valence-corrected chi connectivity index (χ2v) is 6.63. The molecule has 2 rings (SSSR count). The zero-order chi connectivity index (χ0) is 20.0. The SMILES string of the molecule is COCCOC(=O)C1=C(C)N([C@H](C)COC)C(=S)N[C@@H]1c1cccc(F)c1. The molecule has 0 radical (unpaired) electrons. The number of hydrogen-bond acceptors (Lipinski definition) is 5. The lowest BCUT2D eigenvalue weighted by Crippen LogP contribution is -2.52. The molecule has 0 amide bonds. The molecule has 1 aliphatic heterocycles. The number of allylic oxidation sites excluding steroid dienone is 1. The maximum absolute atomic E-state index is 13.8. The van der Waals surface area contributed by atoms with Gasteiger partial charge in [0.25, 0.3) is 0 Å². The van der Waals surface area contributed by atoms with Crippen LogP contribution < -0.4 is 5.32 Å². The monoisotopic (exact) mass is 396 g/mol. The fourth-order valence-electron chi connectivity index (χ4n) is 3.10. The Morgan fingerprint density at radius 3 is 2.70 bits per heavy atom. The summed E-state index contributed by atoms with van der Waals surface area (Å²) in [5.41, 5.74) is 1.63. The third kappa shape index (κ3) is 5.03. The minimum atomic E-state index is -0.603. The molecule has 1 heterocycles. The Morgan fingerprint density at radius 1 is 1.33 bits per heavy atom. The van der Waals surface area contributed by atoms with Crippen LogP contribution >= 0.6 is 12.2 Å². The van der Waals surface area contributed by atoms with Gasteiger partial charge in [0, 0.05) is 19.9 Å². The number of halogens is 1. The summed E-state index contributed by atoms with van der Waals surface area (Å²) >= 11 is 5.51. The van der Waals surface area contributed by atoms with Gasteiger partial charge in [0.2, 0.25) is 0 Å². The molecular formula is C19H25FN2O4S. The number of hydrogen-bond donors (Lipinski definition) is 1. The standard InChI is InChI=1S/C19H25FN2O4S/c1-12(11-25-4)22-13(2)16(18(23)26-9-8-24-3)17(21-19(22)27)14-6-5-7-15(20)10-14/h5-7,10,12,17H,8-9,11H2,1-4H3,(H,21,27)/t12-,17-/m1/s1. The van der Waals surface area contributed by atoms with Crippen LogP contribution in [0.2, 0.25) is 0 Å². The van der Waals surface area contributed by atoms with Crippen LogP contribution in [-0.2, 0) is 19.0 Å². The summed E-state index contributed by atoms with van der Waals surface area (Å²) in [5, 5.41) is 3.59. The van der Waals surface area contributed by atoms with E-state index in [2.05, 4.69) is 5.32 Å². The molecule has 0 unspecified atom stereocenters. The molecule has 0 aromatic heterocycles. The third-order valence-corrected chi connectivity index (χ3v) is 4.61. The Hall–Kier alpha value is -2.03. The van der Waals surface area contributed by atoms with E-state index in [1.165, 1.54) is 19.2 Å². The number of benzene rings is 1. The Balaban J connectivity index is 2.46. The first-order valence-electron chi connectivity index (χ1n) is 8.61. The molecule has 1 aliphatic rings. The highest BCUT2D eigenvalue weighted by Crippen LogP contribution is 2.32. The number of nitrogens with one attached hydrogen (secondary N) is 1. The zero-order valence-electron chi connectivity index (χ0n) is 16.0. The zero-order valence-corrected chi connectivity index (χ0v) is 16.8. The van der Waals surface area contributed by atoms with E-state index < -0.39 is 12.0 Å². The Morgan fingerprint density at radius 2 is 2.07 bits per heavy atom. The van der Waals surface area contributed by atoms with Gasteiger partial charge in [-0.2, -0.15) is 0 Å². The molecule has 1 N–H and O–H groups in total. The number of carbonyl (C=O) groups excluding carboxylic acids is 1. The van der Waals surface area contributed by atoms with Gasteiger partial charge in [-0.3, -0.25) is 0 Å². The van der Waals surface area contributed by atoms with Crippen LogP contribution in [0.4, 0.5) is 4.39 Å². The summed E-state index contributed by atoms with van der Waals surface area (Å²) in [7, 11) is 3.13. The van der Waals surface area contributed by atoms with Crippen molar-refractivity contribution in [2.24, 2.45) is 0 Å². The van der Waals surface area contributed by atoms with Gasteiger partial charge in [-0.25, -0.2) is 9.18 Å². The number of ether oxygens (including phenoxy) is 3. The summed E-state index contributed by atoms with van der Waals surface area (Å²) in [4.78, 5) is 14.6. The van der Waals surface area contributed by atoms with E-state index in [0.717, 1.165) is 0 Å². The smallest absolute Gasteiger partial charge is 0.338 e. The van der Waals surface area contributed by atoms with Crippen molar-refractivity contribution >= 4 is 23.3 Å². The van der Waals surface area contributed by atoms with Crippen molar-refractivity contribution in [2.45, 2.75) is 25.9 Å². The van der Waals surface area contributed by atoms with Crippen LogP contribution in [-0.4, -0.2) is 56.1 Å². The number of thiocarbonyl (C=S) groups is 1. The molecule has 27 heavy (non-hydrogen) atoms. The number of carbonyl (C=O) groups is 1. The fraction of sp³-hybridized carbons (Fsp3) is 0.474. The maximum Gasteiger partial charge on any atom is 0.338 e. The molecule has 148 valence electrons. The Bertz CT molecular complexity index is 725. The fourth-order valence-corrected chi connectivity index (χ4v) is 3.53. The van der Waals surface area contributed by atoms with Crippen molar-refractivity contribution in [2.75, 3.05) is 34.0 Å². The van der Waals surface area contributed by atoms with Crippen LogP contribution in [0.1, 0.15) is 25.5 Å². The summed E-state index contributed by atoms with van der Waals surface area (Å²) in [5.74, 6) is -0.886. The highest BCUT2D eigenvalue weighted by Gasteiger charge is 2.36. The number of nitrogens with zero attached hydrogens (tertiary/aromatic N) is 1. The molecule has 8 heteroatoms. The predicted molar refractivity (Wildman–Crippen MR) is 104 cm³/mol. The van der Waals surface area contributed by atoms with Gasteiger partial charge >= 0.3 is 5.97 Å². The van der Waals surface area contributed by atoms with Gasteiger partial charge in [0.1, 0.15) is 12.4 Å². The van der Waals surface area contributed by atoms with Gasteiger partial charge < -0.3 is 24.4 Å². The largest absolute Gasteiger partial charge is 0.460 e. The summed E-state index contributed by atoms with van der Waals surface area (Å²) in [6, 6.07) is 5.38. The summed E-state index contributed by atoms with van der Waals surface area (Å²) < 4.78 is 29.3. The predicted octanol–water partition coefficient (Wildman–Crippen LogP) is 2.56. The van der Waals surface area contributed by atoms with Crippen LogP contribution in [0.15, 0.2) is 35.5 Å². The molecular weight excluding hydrogens is 371 g/mol. The Labute approximate surface area is 164 Å². The maximum atomic E-state index is 13.8. The van der Waals surface area contributed by atoms with E-state index in [1.54, 1.807) is 26.2 Å². The van der Waals surface area contributed by atoms with Crippen molar-refractivity contribution in [3.63, 3.8) is 0 Å². The average Bonchev–Trinajstić information content (AvgIpc) is 2.61. The molecule has 0 saturated carbocycles. The van der Waals surface area contributed by atoms with E-state index in [0.29, 0.717) is 35.2 Å². The van der Waals surface area contributed by atoms with E-state index >= 15 is 0 Å². The van der Waals surface area contributed by atoms with Crippen molar-refractivity contribution in [3.8, 4) is 0 Å². The lowest BCUT2D eigenvalue weighted by atomic mass is 9.94. The van der Waals surface area contributed by atoms with Crippen LogP contribution in [0, 0.1) is 5.82 Å². The number of methoxy groups -OCH3 is 2. The van der Waals surface area contributed by atoms with E-state index in [1.807, 2.05) is 11.8 Å². The molecule has 1 aromatic carbocycles. The second kappa shape index (κ2) is 9.77. The molecule has 0 saturated heterocycles. The highest BCUT2D eigenvalue weighted by atomic mass is 32.1. The van der Waals surface area contributed by atoms with Gasteiger partial charge in [0.05, 0.1) is 30.9 Å². The minimum Gasteiger partial charge on any atom is -0.460 e.